The molecular formula is C30H29N5O4. The van der Waals surface area contributed by atoms with Crippen LogP contribution in [0.5, 0.6) is 5.75 Å². The molecule has 0 heterocycles. The molecule has 0 bridgehead atoms. The number of ether oxygens (including phenoxy) is 2. The number of carbonyl (C=O) groups excluding carboxylic acids is 2. The molecule has 0 saturated carbocycles. The Balaban J connectivity index is 1.51. The molecule has 0 aliphatic rings. The van der Waals surface area contributed by atoms with Crippen LogP contribution in [-0.2, 0) is 14.3 Å². The first-order valence-electron chi connectivity index (χ1n) is 12.1. The molecule has 0 spiro atoms. The van der Waals surface area contributed by atoms with Crippen LogP contribution < -0.4 is 10.5 Å². The predicted octanol–water partition coefficient (Wildman–Crippen LogP) is 8.19. The van der Waals surface area contributed by atoms with Crippen LogP contribution in [0.3, 0.4) is 0 Å². The van der Waals surface area contributed by atoms with Crippen molar-refractivity contribution < 1.29 is 19.1 Å². The second kappa shape index (κ2) is 14.5. The fourth-order valence-electron chi connectivity index (χ4n) is 3.35. The van der Waals surface area contributed by atoms with Gasteiger partial charge in [0.05, 0.1) is 29.4 Å². The maximum atomic E-state index is 12.0. The van der Waals surface area contributed by atoms with Gasteiger partial charge >= 0.3 is 11.9 Å². The second-order valence-electron chi connectivity index (χ2n) is 8.12. The van der Waals surface area contributed by atoms with Crippen LogP contribution in [0.2, 0.25) is 0 Å². The Morgan fingerprint density at radius 3 is 1.87 bits per heavy atom. The Kier molecular flexibility index (Phi) is 10.6. The summed E-state index contributed by atoms with van der Waals surface area (Å²) >= 11 is 0. The number of anilines is 1. The molecule has 0 aliphatic heterocycles. The highest BCUT2D eigenvalue weighted by molar-refractivity contribution is 5.81. The molecular weight excluding hydrogens is 494 g/mol. The highest BCUT2D eigenvalue weighted by Gasteiger charge is 2.07. The first-order valence-corrected chi connectivity index (χ1v) is 12.1. The maximum Gasteiger partial charge on any atom is 0.330 e. The molecule has 2 N–H and O–H groups in total. The molecule has 3 rings (SSSR count). The number of nitrogens with two attached hydrogens (primary N) is 1. The lowest BCUT2D eigenvalue weighted by molar-refractivity contribution is -0.137. The Morgan fingerprint density at radius 1 is 0.744 bits per heavy atom. The van der Waals surface area contributed by atoms with E-state index in [0.717, 1.165) is 17.2 Å². The van der Waals surface area contributed by atoms with E-state index in [1.165, 1.54) is 0 Å². The van der Waals surface area contributed by atoms with Gasteiger partial charge in [0.15, 0.2) is 0 Å². The van der Waals surface area contributed by atoms with Gasteiger partial charge in [-0.25, -0.2) is 4.79 Å². The standard InChI is InChI=1S/C30H29N5O4/c1-4-25-26(5-2)28(19-18-27(25)31)35-34-22-12-10-21(11-13-22)32-33-23-14-16-24(17-15-23)39-30(37)9-7-8-20-38-29(36)6-3/h4-6,10-19H,1-3,7-9,20,31H2. The van der Waals surface area contributed by atoms with Crippen molar-refractivity contribution in [3.05, 3.63) is 97.6 Å². The van der Waals surface area contributed by atoms with Gasteiger partial charge in [0.25, 0.3) is 0 Å². The summed E-state index contributed by atoms with van der Waals surface area (Å²) in [6, 6.07) is 17.3. The zero-order valence-electron chi connectivity index (χ0n) is 21.5. The minimum atomic E-state index is -0.478. The number of benzene rings is 3. The molecule has 198 valence electrons. The zero-order chi connectivity index (χ0) is 28.0. The van der Waals surface area contributed by atoms with Crippen LogP contribution in [0, 0.1) is 0 Å². The molecule has 0 saturated heterocycles. The zero-order valence-corrected chi connectivity index (χ0v) is 21.5. The van der Waals surface area contributed by atoms with Gasteiger partial charge in [-0.1, -0.05) is 31.9 Å². The van der Waals surface area contributed by atoms with Gasteiger partial charge in [0, 0.05) is 29.3 Å². The van der Waals surface area contributed by atoms with E-state index < -0.39 is 5.97 Å². The molecule has 3 aromatic carbocycles. The largest absolute Gasteiger partial charge is 0.463 e. The summed E-state index contributed by atoms with van der Waals surface area (Å²) in [7, 11) is 0. The first-order chi connectivity index (χ1) is 18.9. The van der Waals surface area contributed by atoms with E-state index in [-0.39, 0.29) is 19.0 Å². The van der Waals surface area contributed by atoms with Crippen molar-refractivity contribution >= 4 is 52.5 Å². The van der Waals surface area contributed by atoms with Gasteiger partial charge in [0.2, 0.25) is 0 Å². The van der Waals surface area contributed by atoms with Gasteiger partial charge < -0.3 is 15.2 Å². The molecule has 9 nitrogen and oxygen atoms in total. The Bertz CT molecular complexity index is 1390. The minimum absolute atomic E-state index is 0.216. The third kappa shape index (κ3) is 8.71. The molecule has 0 aromatic heterocycles. The second-order valence-corrected chi connectivity index (χ2v) is 8.12. The van der Waals surface area contributed by atoms with Gasteiger partial charge in [-0.2, -0.15) is 15.3 Å². The summed E-state index contributed by atoms with van der Waals surface area (Å²) in [5.41, 5.74) is 10.6. The van der Waals surface area contributed by atoms with Crippen molar-refractivity contribution in [2.45, 2.75) is 19.3 Å². The van der Waals surface area contributed by atoms with E-state index in [1.807, 2.05) is 0 Å². The van der Waals surface area contributed by atoms with Crippen molar-refractivity contribution in [2.75, 3.05) is 12.3 Å². The van der Waals surface area contributed by atoms with Crippen LogP contribution in [0.1, 0.15) is 30.4 Å². The Hall–Kier alpha value is -5.18. The number of nitrogens with zero attached hydrogens (tertiary/aromatic N) is 4. The first kappa shape index (κ1) is 28.4. The number of hydrogen-bond donors (Lipinski definition) is 1. The normalized spacial score (nSPS) is 10.9. The van der Waals surface area contributed by atoms with Crippen molar-refractivity contribution in [3.8, 4) is 5.75 Å². The third-order valence-electron chi connectivity index (χ3n) is 5.36. The highest BCUT2D eigenvalue weighted by Crippen LogP contribution is 2.31. The van der Waals surface area contributed by atoms with Crippen molar-refractivity contribution in [1.82, 2.24) is 0 Å². The summed E-state index contributed by atoms with van der Waals surface area (Å²) in [5.74, 6) is -0.434. The molecule has 39 heavy (non-hydrogen) atoms. The SMILES string of the molecule is C=CC(=O)OCCCCC(=O)Oc1ccc(N=Nc2ccc(N=Nc3ccc(N)c(C=C)c3C=C)cc2)cc1. The Morgan fingerprint density at radius 2 is 1.31 bits per heavy atom. The number of azo groups is 2. The maximum absolute atomic E-state index is 12.0. The van der Waals surface area contributed by atoms with Crippen LogP contribution in [0.15, 0.2) is 107 Å². The number of unbranched alkanes of at least 4 members (excludes halogenated alkanes) is 1. The lowest BCUT2D eigenvalue weighted by Crippen LogP contribution is -2.08. The molecule has 9 heteroatoms. The highest BCUT2D eigenvalue weighted by atomic mass is 16.5. The third-order valence-corrected chi connectivity index (χ3v) is 5.36. The van der Waals surface area contributed by atoms with Gasteiger partial charge in [0.1, 0.15) is 5.75 Å². The van der Waals surface area contributed by atoms with Crippen LogP contribution in [0.4, 0.5) is 28.4 Å². The number of hydrogen-bond acceptors (Lipinski definition) is 9. The van der Waals surface area contributed by atoms with E-state index in [0.29, 0.717) is 47.0 Å². The van der Waals surface area contributed by atoms with Gasteiger partial charge in [-0.05, 0) is 73.5 Å². The fourth-order valence-corrected chi connectivity index (χ4v) is 3.35. The molecule has 0 amide bonds. The number of nitrogen functional groups attached to an aromatic ring is 1. The van der Waals surface area contributed by atoms with E-state index in [4.69, 9.17) is 15.2 Å². The van der Waals surface area contributed by atoms with Crippen molar-refractivity contribution in [2.24, 2.45) is 20.5 Å². The van der Waals surface area contributed by atoms with Gasteiger partial charge in [-0.15, -0.1) is 5.11 Å². The monoisotopic (exact) mass is 523 g/mol. The summed E-state index contributed by atoms with van der Waals surface area (Å²) in [6.45, 7) is 11.2. The van der Waals surface area contributed by atoms with E-state index in [2.05, 4.69) is 40.2 Å². The Labute approximate surface area is 227 Å². The summed E-state index contributed by atoms with van der Waals surface area (Å²) < 4.78 is 10.2. The number of esters is 2. The molecule has 0 radical (unpaired) electrons. The van der Waals surface area contributed by atoms with Crippen molar-refractivity contribution in [3.63, 3.8) is 0 Å². The predicted molar refractivity (Wildman–Crippen MR) is 153 cm³/mol. The smallest absolute Gasteiger partial charge is 0.330 e. The topological polar surface area (TPSA) is 128 Å². The molecule has 0 fully saturated rings. The van der Waals surface area contributed by atoms with E-state index in [9.17, 15) is 9.59 Å². The lowest BCUT2D eigenvalue weighted by atomic mass is 10.0. The average molecular weight is 524 g/mol. The number of rotatable bonds is 13. The quantitative estimate of drug-likeness (QED) is 0.0603. The summed E-state index contributed by atoms with van der Waals surface area (Å²) in [4.78, 5) is 22.9. The summed E-state index contributed by atoms with van der Waals surface area (Å²) in [5, 5.41) is 17.0. The van der Waals surface area contributed by atoms with Crippen LogP contribution in [-0.4, -0.2) is 18.5 Å². The molecule has 0 unspecified atom stereocenters. The van der Waals surface area contributed by atoms with Crippen molar-refractivity contribution in [1.29, 1.82) is 0 Å². The van der Waals surface area contributed by atoms with Gasteiger partial charge in [-0.3, -0.25) is 4.79 Å². The lowest BCUT2D eigenvalue weighted by Gasteiger charge is -2.07. The molecule has 0 aliphatic carbocycles. The van der Waals surface area contributed by atoms with E-state index in [1.54, 1.807) is 72.8 Å². The van der Waals surface area contributed by atoms with Crippen LogP contribution >= 0.6 is 0 Å². The van der Waals surface area contributed by atoms with Crippen LogP contribution in [0.25, 0.3) is 12.2 Å². The summed E-state index contributed by atoms with van der Waals surface area (Å²) in [6.07, 6.45) is 5.77. The average Bonchev–Trinajstić information content (AvgIpc) is 2.96. The number of carbonyl (C=O) groups is 2. The van der Waals surface area contributed by atoms with E-state index >= 15 is 0 Å². The molecule has 3 aromatic rings. The minimum Gasteiger partial charge on any atom is -0.463 e. The molecule has 0 atom stereocenters. The fraction of sp³-hybridized carbons (Fsp3) is 0.133.